The summed E-state index contributed by atoms with van der Waals surface area (Å²) in [5, 5.41) is 232. The van der Waals surface area contributed by atoms with Crippen LogP contribution in [0, 0.1) is 5.92 Å². The van der Waals surface area contributed by atoms with Crippen LogP contribution in [0.5, 0.6) is 0 Å². The first kappa shape index (κ1) is 74.7. The largest absolute Gasteiger partial charge is 0.481 e. The van der Waals surface area contributed by atoms with Crippen molar-refractivity contribution in [3.05, 3.63) is 0 Å². The summed E-state index contributed by atoms with van der Waals surface area (Å²) in [6.45, 7) is -5.34. The Kier molecular flexibility index (Phi) is 28.3. The quantitative estimate of drug-likeness (QED) is 0.0643. The summed E-state index contributed by atoms with van der Waals surface area (Å²) >= 11 is 1.74. The molecule has 0 aliphatic carbocycles. The smallest absolute Gasteiger partial charge is 0.321 e. The van der Waals surface area contributed by atoms with Crippen molar-refractivity contribution >= 4 is 35.5 Å². The SMILES string of the molecule is C[C@H](CSCC1O[C@@H]2OC[C@H](O)C(O)C(OCCO)O[C@@H]3C(CO)O[C@@H](O[C@@H]4C(CSCC(N)C(=O)O)O[C@@H](O[C@@H]5C(CO)O[C@H](O[C@@H]6C(CO)O[C@H](O[C@@H]7C(CO)O[C@H](O[C@H]1[C@H](O)C2O)C(O)[C@H]7O)[C@@H](O)C6O)[C@@H](O)C5O)[C@@H](O)C4O)[C@@H](O)C3O)C(=O)O. The Bertz CT molecular complexity index is 2160. The molecule has 40 heteroatoms. The normalized spacial score (nSPS) is 48.0. The molecule has 38 nitrogen and oxygen atoms in total. The summed E-state index contributed by atoms with van der Waals surface area (Å²) in [7, 11) is 0. The number of rotatable bonds is 17. The van der Waals surface area contributed by atoms with Crippen LogP contribution in [0.2, 0.25) is 0 Å². The van der Waals surface area contributed by atoms with E-state index in [1.165, 1.54) is 6.92 Å². The highest BCUT2D eigenvalue weighted by Gasteiger charge is 2.58. The summed E-state index contributed by atoms with van der Waals surface area (Å²) in [5.41, 5.74) is 5.70. The zero-order valence-corrected chi connectivity index (χ0v) is 48.9. The van der Waals surface area contributed by atoms with Crippen LogP contribution in [0.1, 0.15) is 6.92 Å². The van der Waals surface area contributed by atoms with E-state index in [4.69, 9.17) is 72.0 Å². The van der Waals surface area contributed by atoms with Crippen molar-refractivity contribution in [2.45, 2.75) is 216 Å². The average Bonchev–Trinajstić information content (AvgIpc) is 0.887. The molecule has 89 heavy (non-hydrogen) atoms. The molecule has 0 amide bonds. The number of aliphatic hydroxyl groups is 19. The molecule has 0 aromatic heterocycles. The van der Waals surface area contributed by atoms with Crippen molar-refractivity contribution in [1.29, 1.82) is 0 Å². The minimum atomic E-state index is -2.28. The van der Waals surface area contributed by atoms with E-state index in [1.807, 2.05) is 0 Å². The number of carboxylic acid groups (broad SMARTS) is 2. The Balaban J connectivity index is 1.21. The highest BCUT2D eigenvalue weighted by Crippen LogP contribution is 2.38. The van der Waals surface area contributed by atoms with Crippen LogP contribution >= 0.6 is 23.5 Å². The van der Waals surface area contributed by atoms with Gasteiger partial charge in [-0.1, -0.05) is 6.92 Å². The van der Waals surface area contributed by atoms with Crippen LogP contribution in [-0.2, 0) is 75.9 Å². The number of hydrogen-bond donors (Lipinski definition) is 22. The molecule has 518 valence electrons. The van der Waals surface area contributed by atoms with E-state index in [2.05, 4.69) is 0 Å². The monoisotopic (exact) mass is 1340 g/mol. The predicted molar refractivity (Wildman–Crippen MR) is 283 cm³/mol. The molecular formula is C49H83NO37S2. The van der Waals surface area contributed by atoms with Gasteiger partial charge in [0.15, 0.2) is 44.0 Å². The third-order valence-electron chi connectivity index (χ3n) is 15.8. The molecule has 0 aromatic rings. The molecule has 0 radical (unpaired) electrons. The third kappa shape index (κ3) is 17.5. The minimum Gasteiger partial charge on any atom is -0.481 e. The van der Waals surface area contributed by atoms with E-state index in [1.54, 1.807) is 0 Å². The van der Waals surface area contributed by atoms with Gasteiger partial charge in [0.2, 0.25) is 0 Å². The Hall–Kier alpha value is -1.72. The number of thioether (sulfide) groups is 2. The predicted octanol–water partition coefficient (Wildman–Crippen LogP) is -13.4. The van der Waals surface area contributed by atoms with Gasteiger partial charge in [-0.25, -0.2) is 0 Å². The fourth-order valence-corrected chi connectivity index (χ4v) is 12.8. The summed E-state index contributed by atoms with van der Waals surface area (Å²) in [6.07, 6.45) is -66.9. The van der Waals surface area contributed by atoms with Gasteiger partial charge in [-0.2, -0.15) is 23.5 Å². The van der Waals surface area contributed by atoms with E-state index in [0.717, 1.165) is 23.5 Å². The van der Waals surface area contributed by atoms with Crippen LogP contribution in [0.25, 0.3) is 0 Å². The second kappa shape index (κ2) is 33.8. The van der Waals surface area contributed by atoms with Crippen LogP contribution in [0.3, 0.4) is 0 Å². The minimum absolute atomic E-state index is 0.0781. The molecule has 17 heterocycles. The van der Waals surface area contributed by atoms with Crippen molar-refractivity contribution in [3.63, 3.8) is 0 Å². The van der Waals surface area contributed by atoms with Crippen LogP contribution in [0.4, 0.5) is 0 Å². The maximum atomic E-state index is 11.7. The molecule has 17 aliphatic rings. The van der Waals surface area contributed by atoms with Gasteiger partial charge in [-0.05, 0) is 0 Å². The van der Waals surface area contributed by atoms with Gasteiger partial charge in [-0.3, -0.25) is 9.59 Å². The van der Waals surface area contributed by atoms with E-state index in [0.29, 0.717) is 0 Å². The molecule has 0 spiro atoms. The molecule has 15 unspecified atom stereocenters. The lowest BCUT2D eigenvalue weighted by Crippen LogP contribution is -2.68. The molecule has 0 aromatic carbocycles. The van der Waals surface area contributed by atoms with Crippen molar-refractivity contribution in [2.75, 3.05) is 69.3 Å². The number of ether oxygens (including phenoxy) is 14. The molecule has 12 bridgehead atoms. The van der Waals surface area contributed by atoms with E-state index in [9.17, 15) is 117 Å². The third-order valence-corrected chi connectivity index (χ3v) is 18.2. The standard InChI is InChI=1S/C49H83NO37S2/c1-13(41(70)71)9-88-11-20-39-23(58)29(64)44(80-20)75-8-15(56)22(57)43(74-3-2-51)82-35-16(4-52)76-47(30(65)24(35)59)87-40-21(12-89-10-14(50)42(72)73)81-49(34(69)28(40)63)85-38-19(7-55)78-46(32(67)26(38)61)83-36-17(5-53)77-45(31(66)25(36)60)84-37-18(6-54)79-48(86-39)33(68)27(37)62/h13-40,43-49,51-69H,2-12,50H2,1H3,(H,70,71)(H,72,73)/t13-,14?,15+,16?,17?,18?,19?,20?,21?,22?,23-,24?,25?,26?,27-,28?,29?,30+,31+,32+,33?,34+,35-,36-,37-,38-,39-,40-,43?,44+,45-,46-,47+,48-,49+/m1/s1. The first-order valence-electron chi connectivity index (χ1n) is 28.2. The molecule has 35 atom stereocenters. The van der Waals surface area contributed by atoms with Gasteiger partial charge < -0.3 is 179 Å². The lowest BCUT2D eigenvalue weighted by Gasteiger charge is -2.50. The van der Waals surface area contributed by atoms with Crippen molar-refractivity contribution < 1.29 is 183 Å². The lowest BCUT2D eigenvalue weighted by atomic mass is 9.95. The summed E-state index contributed by atoms with van der Waals surface area (Å²) in [4.78, 5) is 23.3. The first-order valence-corrected chi connectivity index (χ1v) is 30.6. The van der Waals surface area contributed by atoms with Crippen molar-refractivity contribution in [2.24, 2.45) is 11.7 Å². The van der Waals surface area contributed by atoms with Crippen LogP contribution in [0.15, 0.2) is 0 Å². The summed E-state index contributed by atoms with van der Waals surface area (Å²) in [5.74, 6) is -4.62. The zero-order chi connectivity index (χ0) is 65.5. The van der Waals surface area contributed by atoms with Gasteiger partial charge in [-0.15, -0.1) is 0 Å². The first-order chi connectivity index (χ1) is 42.2. The topological polar surface area (TPSA) is 614 Å². The number of fused-ring (bicyclic) bond motifs is 1. The Morgan fingerprint density at radius 1 is 0.416 bits per heavy atom. The van der Waals surface area contributed by atoms with E-state index < -0.39 is 273 Å². The molecule has 17 aliphatic heterocycles. The zero-order valence-electron chi connectivity index (χ0n) is 47.3. The Labute approximate surface area is 513 Å². The van der Waals surface area contributed by atoms with Crippen LogP contribution < -0.4 is 5.73 Å². The van der Waals surface area contributed by atoms with Crippen LogP contribution in [-0.4, -0.2) is 397 Å². The van der Waals surface area contributed by atoms with Crippen molar-refractivity contribution in [1.82, 2.24) is 0 Å². The highest BCUT2D eigenvalue weighted by atomic mass is 32.2. The maximum Gasteiger partial charge on any atom is 0.321 e. The maximum absolute atomic E-state index is 11.7. The van der Waals surface area contributed by atoms with Gasteiger partial charge in [0.25, 0.3) is 0 Å². The van der Waals surface area contributed by atoms with Gasteiger partial charge >= 0.3 is 11.9 Å². The number of nitrogens with two attached hydrogens (primary N) is 1. The molecule has 23 N–H and O–H groups in total. The lowest BCUT2D eigenvalue weighted by molar-refractivity contribution is -0.395. The fourth-order valence-electron chi connectivity index (χ4n) is 10.6. The summed E-state index contributed by atoms with van der Waals surface area (Å²) in [6, 6.07) is -1.47. The molecule has 17 rings (SSSR count). The number of aliphatic carboxylic acids is 2. The number of carboxylic acids is 2. The fraction of sp³-hybridized carbons (Fsp3) is 0.959. The number of aliphatic hydroxyl groups excluding tert-OH is 19. The summed E-state index contributed by atoms with van der Waals surface area (Å²) < 4.78 is 81.1. The molecule has 17 fully saturated rings. The van der Waals surface area contributed by atoms with Gasteiger partial charge in [0, 0.05) is 23.0 Å². The number of hydrogen-bond acceptors (Lipinski definition) is 38. The average molecular weight is 1340 g/mol. The number of carbonyl (C=O) groups is 2. The molecule has 17 saturated heterocycles. The van der Waals surface area contributed by atoms with E-state index >= 15 is 0 Å². The van der Waals surface area contributed by atoms with Crippen molar-refractivity contribution in [3.8, 4) is 0 Å². The highest BCUT2D eigenvalue weighted by molar-refractivity contribution is 7.99. The van der Waals surface area contributed by atoms with Gasteiger partial charge in [0.1, 0.15) is 153 Å². The second-order valence-electron chi connectivity index (χ2n) is 22.1. The van der Waals surface area contributed by atoms with Gasteiger partial charge in [0.05, 0.1) is 64.4 Å². The molecular weight excluding hydrogens is 1260 g/mol. The molecule has 0 saturated carbocycles. The van der Waals surface area contributed by atoms with E-state index in [-0.39, 0.29) is 23.0 Å². The second-order valence-corrected chi connectivity index (χ2v) is 24.2. The Morgan fingerprint density at radius 3 is 1.04 bits per heavy atom. The Morgan fingerprint density at radius 2 is 0.719 bits per heavy atom.